The molecule has 138 valence electrons. The maximum absolute atomic E-state index is 12.7. The molecule has 1 amide bonds. The van der Waals surface area contributed by atoms with Crippen LogP contribution in [0.5, 0.6) is 0 Å². The van der Waals surface area contributed by atoms with Gasteiger partial charge in [0.05, 0.1) is 11.8 Å². The summed E-state index contributed by atoms with van der Waals surface area (Å²) in [6.07, 6.45) is 3.78. The van der Waals surface area contributed by atoms with Crippen molar-refractivity contribution in [3.63, 3.8) is 0 Å². The van der Waals surface area contributed by atoms with E-state index in [9.17, 15) is 13.2 Å². The van der Waals surface area contributed by atoms with Gasteiger partial charge in [-0.05, 0) is 36.0 Å². The number of aryl methyl sites for hydroxylation is 1. The molecule has 1 unspecified atom stereocenters. The maximum Gasteiger partial charge on any atom is 0.224 e. The number of nitrogens with zero attached hydrogens (tertiary/aromatic N) is 1. The molecule has 0 N–H and O–H groups in total. The average molecular weight is 372 g/mol. The smallest absolute Gasteiger partial charge is 0.224 e. The molecule has 3 rings (SSSR count). The van der Waals surface area contributed by atoms with E-state index < -0.39 is 9.84 Å². The standard InChI is InChI=1S/C21H25NO3S/c1-26(24,25)16-14-21(23)22-15-13-18-9-5-6-10-19(18)20(22)12-11-17-7-3-2-4-8-17/h2-10,20H,11-16H2,1H3. The SMILES string of the molecule is CS(=O)(=O)CCC(=O)N1CCc2ccccc2C1CCc1ccccc1. The molecule has 26 heavy (non-hydrogen) atoms. The molecule has 0 saturated heterocycles. The van der Waals surface area contributed by atoms with Gasteiger partial charge in [0.25, 0.3) is 0 Å². The van der Waals surface area contributed by atoms with Gasteiger partial charge < -0.3 is 4.90 Å². The molecule has 0 aromatic heterocycles. The fraction of sp³-hybridized carbons (Fsp3) is 0.381. The molecule has 1 heterocycles. The molecule has 1 aliphatic rings. The number of hydrogen-bond acceptors (Lipinski definition) is 3. The zero-order valence-corrected chi connectivity index (χ0v) is 15.9. The quantitative estimate of drug-likeness (QED) is 0.784. The summed E-state index contributed by atoms with van der Waals surface area (Å²) in [6.45, 7) is 0.652. The molecule has 0 fully saturated rings. The minimum atomic E-state index is -3.14. The Labute approximate surface area is 155 Å². The minimum Gasteiger partial charge on any atom is -0.335 e. The lowest BCUT2D eigenvalue weighted by Crippen LogP contribution is -2.40. The Balaban J connectivity index is 1.79. The highest BCUT2D eigenvalue weighted by Gasteiger charge is 2.30. The van der Waals surface area contributed by atoms with Crippen LogP contribution in [0.4, 0.5) is 0 Å². The molecular weight excluding hydrogens is 346 g/mol. The molecule has 0 radical (unpaired) electrons. The number of benzene rings is 2. The monoisotopic (exact) mass is 371 g/mol. The first kappa shape index (κ1) is 18.6. The molecule has 0 aliphatic carbocycles. The van der Waals surface area contributed by atoms with Gasteiger partial charge >= 0.3 is 0 Å². The summed E-state index contributed by atoms with van der Waals surface area (Å²) in [5.41, 5.74) is 3.74. The van der Waals surface area contributed by atoms with Crippen LogP contribution in [0.2, 0.25) is 0 Å². The van der Waals surface area contributed by atoms with Gasteiger partial charge in [0, 0.05) is 19.2 Å². The van der Waals surface area contributed by atoms with E-state index in [0.717, 1.165) is 19.3 Å². The van der Waals surface area contributed by atoms with Crippen molar-refractivity contribution in [2.75, 3.05) is 18.6 Å². The lowest BCUT2D eigenvalue weighted by molar-refractivity contribution is -0.133. The summed E-state index contributed by atoms with van der Waals surface area (Å²) in [4.78, 5) is 14.6. The van der Waals surface area contributed by atoms with Gasteiger partial charge in [-0.1, -0.05) is 54.6 Å². The predicted molar refractivity (Wildman–Crippen MR) is 104 cm³/mol. The highest BCUT2D eigenvalue weighted by atomic mass is 32.2. The van der Waals surface area contributed by atoms with Crippen LogP contribution >= 0.6 is 0 Å². The van der Waals surface area contributed by atoms with Gasteiger partial charge in [-0.2, -0.15) is 0 Å². The van der Waals surface area contributed by atoms with Crippen LogP contribution in [-0.4, -0.2) is 37.8 Å². The van der Waals surface area contributed by atoms with Crippen molar-refractivity contribution < 1.29 is 13.2 Å². The van der Waals surface area contributed by atoms with E-state index >= 15 is 0 Å². The lowest BCUT2D eigenvalue weighted by atomic mass is 9.88. The molecule has 2 aromatic rings. The summed E-state index contributed by atoms with van der Waals surface area (Å²) in [5.74, 6) is -0.155. The van der Waals surface area contributed by atoms with Gasteiger partial charge in [-0.3, -0.25) is 4.79 Å². The predicted octanol–water partition coefficient (Wildman–Crippen LogP) is 3.18. The number of hydrogen-bond donors (Lipinski definition) is 0. The Bertz CT molecular complexity index is 862. The highest BCUT2D eigenvalue weighted by molar-refractivity contribution is 7.90. The van der Waals surface area contributed by atoms with Crippen molar-refractivity contribution in [1.82, 2.24) is 4.90 Å². The fourth-order valence-corrected chi connectivity index (χ4v) is 4.17. The van der Waals surface area contributed by atoms with Gasteiger partial charge in [0.1, 0.15) is 9.84 Å². The Morgan fingerprint density at radius 1 is 1.08 bits per heavy atom. The molecule has 0 bridgehead atoms. The zero-order chi connectivity index (χ0) is 18.6. The van der Waals surface area contributed by atoms with Crippen LogP contribution in [0.25, 0.3) is 0 Å². The Morgan fingerprint density at radius 3 is 2.50 bits per heavy atom. The highest BCUT2D eigenvalue weighted by Crippen LogP contribution is 2.33. The largest absolute Gasteiger partial charge is 0.335 e. The maximum atomic E-state index is 12.7. The number of carbonyl (C=O) groups is 1. The van der Waals surface area contributed by atoms with Gasteiger partial charge in [0.2, 0.25) is 5.91 Å². The molecule has 1 aliphatic heterocycles. The Kier molecular flexibility index (Phi) is 5.77. The third-order valence-electron chi connectivity index (χ3n) is 4.97. The first-order valence-corrected chi connectivity index (χ1v) is 11.1. The number of amides is 1. The number of rotatable bonds is 6. The number of carbonyl (C=O) groups excluding carboxylic acids is 1. The molecule has 5 heteroatoms. The summed E-state index contributed by atoms with van der Waals surface area (Å²) in [5, 5.41) is 0. The van der Waals surface area contributed by atoms with E-state index in [2.05, 4.69) is 24.3 Å². The first-order valence-electron chi connectivity index (χ1n) is 9.03. The van der Waals surface area contributed by atoms with E-state index in [4.69, 9.17) is 0 Å². The van der Waals surface area contributed by atoms with Crippen molar-refractivity contribution in [3.8, 4) is 0 Å². The van der Waals surface area contributed by atoms with E-state index in [1.54, 1.807) is 0 Å². The fourth-order valence-electron chi connectivity index (χ4n) is 3.63. The second kappa shape index (κ2) is 8.04. The van der Waals surface area contributed by atoms with Gasteiger partial charge in [-0.25, -0.2) is 8.42 Å². The van der Waals surface area contributed by atoms with E-state index in [1.807, 2.05) is 35.2 Å². The van der Waals surface area contributed by atoms with E-state index in [1.165, 1.54) is 22.9 Å². The van der Waals surface area contributed by atoms with Crippen molar-refractivity contribution in [2.24, 2.45) is 0 Å². The van der Waals surface area contributed by atoms with Crippen LogP contribution in [0.3, 0.4) is 0 Å². The third-order valence-corrected chi connectivity index (χ3v) is 5.91. The van der Waals surface area contributed by atoms with E-state index in [0.29, 0.717) is 6.54 Å². The van der Waals surface area contributed by atoms with Crippen molar-refractivity contribution in [2.45, 2.75) is 31.7 Å². The lowest BCUT2D eigenvalue weighted by Gasteiger charge is -2.37. The third kappa shape index (κ3) is 4.73. The normalized spacial score (nSPS) is 17.0. The number of fused-ring (bicyclic) bond motifs is 1. The van der Waals surface area contributed by atoms with Crippen molar-refractivity contribution in [3.05, 3.63) is 71.3 Å². The van der Waals surface area contributed by atoms with Crippen LogP contribution < -0.4 is 0 Å². The van der Waals surface area contributed by atoms with Crippen LogP contribution in [0.15, 0.2) is 54.6 Å². The van der Waals surface area contributed by atoms with Gasteiger partial charge in [-0.15, -0.1) is 0 Å². The Morgan fingerprint density at radius 2 is 1.77 bits per heavy atom. The van der Waals surface area contributed by atoms with Crippen LogP contribution in [-0.2, 0) is 27.5 Å². The second-order valence-electron chi connectivity index (χ2n) is 6.96. The zero-order valence-electron chi connectivity index (χ0n) is 15.1. The summed E-state index contributed by atoms with van der Waals surface area (Å²) >= 11 is 0. The number of sulfone groups is 1. The molecule has 4 nitrogen and oxygen atoms in total. The van der Waals surface area contributed by atoms with Gasteiger partial charge in [0.15, 0.2) is 0 Å². The summed E-state index contributed by atoms with van der Waals surface area (Å²) < 4.78 is 22.9. The van der Waals surface area contributed by atoms with Crippen LogP contribution in [0, 0.1) is 0 Å². The second-order valence-corrected chi connectivity index (χ2v) is 9.22. The van der Waals surface area contributed by atoms with Crippen molar-refractivity contribution >= 4 is 15.7 Å². The first-order chi connectivity index (χ1) is 12.4. The molecule has 1 atom stereocenters. The summed E-state index contributed by atoms with van der Waals surface area (Å²) in [6, 6.07) is 18.5. The molecule has 0 saturated carbocycles. The Hall–Kier alpha value is -2.14. The van der Waals surface area contributed by atoms with Crippen LogP contribution in [0.1, 0.15) is 35.6 Å². The minimum absolute atomic E-state index is 0.00668. The van der Waals surface area contributed by atoms with Crippen molar-refractivity contribution in [1.29, 1.82) is 0 Å². The topological polar surface area (TPSA) is 54.5 Å². The summed E-state index contributed by atoms with van der Waals surface area (Å²) in [7, 11) is -3.14. The molecule has 2 aromatic carbocycles. The van der Waals surface area contributed by atoms with E-state index in [-0.39, 0.29) is 24.1 Å². The molecular formula is C21H25NO3S. The molecule has 0 spiro atoms. The average Bonchev–Trinajstić information content (AvgIpc) is 2.64.